The summed E-state index contributed by atoms with van der Waals surface area (Å²) in [4.78, 5) is 36.9. The highest BCUT2D eigenvalue weighted by molar-refractivity contribution is 7.98. The fraction of sp³-hybridized carbons (Fsp3) is 0.136. The number of nitrogens with zero attached hydrogens (tertiary/aromatic N) is 4. The lowest BCUT2D eigenvalue weighted by Crippen LogP contribution is -2.21. The molecule has 0 spiro atoms. The first-order chi connectivity index (χ1) is 14.9. The van der Waals surface area contributed by atoms with E-state index in [-0.39, 0.29) is 11.5 Å². The molecule has 0 saturated heterocycles. The van der Waals surface area contributed by atoms with Gasteiger partial charge in [0.05, 0.1) is 16.8 Å². The molecule has 1 aromatic carbocycles. The zero-order valence-electron chi connectivity index (χ0n) is 17.1. The number of nitrogens with one attached hydrogen (secondary N) is 1. The number of carbonyl (C=O) groups is 1. The molecule has 0 unspecified atom stereocenters. The van der Waals surface area contributed by atoms with Gasteiger partial charge in [-0.15, -0.1) is 0 Å². The van der Waals surface area contributed by atoms with Gasteiger partial charge in [0.25, 0.3) is 5.56 Å². The molecule has 0 aliphatic heterocycles. The maximum absolute atomic E-state index is 12.7. The summed E-state index contributed by atoms with van der Waals surface area (Å²) in [7, 11) is 1.70. The van der Waals surface area contributed by atoms with E-state index in [2.05, 4.69) is 20.3 Å². The highest BCUT2D eigenvalue weighted by atomic mass is 32.2. The van der Waals surface area contributed by atoms with Crippen molar-refractivity contribution in [3.8, 4) is 22.8 Å². The van der Waals surface area contributed by atoms with E-state index in [4.69, 9.17) is 4.74 Å². The molecule has 156 valence electrons. The van der Waals surface area contributed by atoms with Crippen LogP contribution in [-0.2, 0) is 11.8 Å². The molecule has 4 rings (SSSR count). The number of pyridine rings is 2. The molecular weight excluding hydrogens is 414 g/mol. The molecule has 8 nitrogen and oxygen atoms in total. The third-order valence-electron chi connectivity index (χ3n) is 4.52. The molecule has 0 aliphatic carbocycles. The Kier molecular flexibility index (Phi) is 5.68. The molecule has 0 aliphatic rings. The van der Waals surface area contributed by atoms with Crippen LogP contribution in [0, 0.1) is 0 Å². The van der Waals surface area contributed by atoms with Crippen molar-refractivity contribution < 1.29 is 9.53 Å². The molecule has 4 aromatic rings. The molecule has 0 bridgehead atoms. The van der Waals surface area contributed by atoms with Crippen LogP contribution >= 0.6 is 11.8 Å². The number of fused-ring (bicyclic) bond motifs is 1. The predicted molar refractivity (Wildman–Crippen MR) is 121 cm³/mol. The van der Waals surface area contributed by atoms with Gasteiger partial charge >= 0.3 is 0 Å². The first-order valence-corrected chi connectivity index (χ1v) is 10.6. The Hall–Kier alpha value is -3.72. The number of thioether (sulfide) groups is 1. The topological polar surface area (TPSA) is 99.0 Å². The Morgan fingerprint density at radius 2 is 1.90 bits per heavy atom. The Bertz CT molecular complexity index is 1350. The van der Waals surface area contributed by atoms with Crippen molar-refractivity contribution in [3.05, 3.63) is 65.2 Å². The van der Waals surface area contributed by atoms with Gasteiger partial charge in [-0.3, -0.25) is 14.2 Å². The quantitative estimate of drug-likeness (QED) is 0.377. The van der Waals surface area contributed by atoms with Crippen molar-refractivity contribution in [2.45, 2.75) is 12.1 Å². The number of anilines is 1. The Morgan fingerprint density at radius 1 is 1.10 bits per heavy atom. The van der Waals surface area contributed by atoms with Crippen LogP contribution < -0.4 is 15.6 Å². The molecule has 0 saturated carbocycles. The number of ether oxygens (including phenoxy) is 1. The third-order valence-corrected chi connectivity index (χ3v) is 5.26. The van der Waals surface area contributed by atoms with Crippen LogP contribution in [0.15, 0.2) is 64.8 Å². The van der Waals surface area contributed by atoms with Gasteiger partial charge in [-0.1, -0.05) is 17.8 Å². The van der Waals surface area contributed by atoms with Crippen molar-refractivity contribution in [2.75, 3.05) is 11.6 Å². The van der Waals surface area contributed by atoms with E-state index in [1.54, 1.807) is 43.7 Å². The Labute approximate surface area is 182 Å². The van der Waals surface area contributed by atoms with E-state index < -0.39 is 0 Å². The molecule has 3 heterocycles. The highest BCUT2D eigenvalue weighted by Gasteiger charge is 2.11. The van der Waals surface area contributed by atoms with Crippen LogP contribution in [0.25, 0.3) is 22.2 Å². The molecule has 3 aromatic heterocycles. The fourth-order valence-corrected chi connectivity index (χ4v) is 3.59. The number of amides is 1. The SMILES string of the molecule is CSc1ncc(-c2ccc3cc(Oc4ccnc(NC(C)=O)c4)ccc3n2)c(=O)n1C. The fourth-order valence-electron chi connectivity index (χ4n) is 3.07. The molecule has 1 N–H and O–H groups in total. The summed E-state index contributed by atoms with van der Waals surface area (Å²) in [6.45, 7) is 1.42. The molecule has 9 heteroatoms. The Morgan fingerprint density at radius 3 is 2.68 bits per heavy atom. The molecule has 0 radical (unpaired) electrons. The first-order valence-electron chi connectivity index (χ1n) is 9.37. The standard InChI is InChI=1S/C22H19N5O3S/c1-13(28)25-20-11-16(8-9-23-20)30-15-5-7-18-14(10-15)4-6-19(26-18)17-12-24-22(31-3)27(2)21(17)29/h4-12H,1-3H3,(H,23,25,28). The molecule has 0 atom stereocenters. The second kappa shape index (κ2) is 8.57. The largest absolute Gasteiger partial charge is 0.457 e. The van der Waals surface area contributed by atoms with Crippen LogP contribution in [0.5, 0.6) is 11.5 Å². The Balaban J connectivity index is 1.63. The summed E-state index contributed by atoms with van der Waals surface area (Å²) in [5.74, 6) is 1.38. The molecule has 0 fully saturated rings. The monoisotopic (exact) mass is 433 g/mol. The minimum atomic E-state index is -0.203. The van der Waals surface area contributed by atoms with Crippen molar-refractivity contribution >= 4 is 34.4 Å². The van der Waals surface area contributed by atoms with E-state index in [0.29, 0.717) is 33.7 Å². The van der Waals surface area contributed by atoms with Crippen LogP contribution in [0.1, 0.15) is 6.92 Å². The van der Waals surface area contributed by atoms with Gasteiger partial charge < -0.3 is 10.1 Å². The number of aromatic nitrogens is 4. The molecule has 31 heavy (non-hydrogen) atoms. The summed E-state index contributed by atoms with van der Waals surface area (Å²) in [5, 5.41) is 4.14. The van der Waals surface area contributed by atoms with Crippen molar-refractivity contribution in [1.82, 2.24) is 19.5 Å². The second-order valence-corrected chi connectivity index (χ2v) is 7.51. The smallest absolute Gasteiger partial charge is 0.263 e. The number of hydrogen-bond acceptors (Lipinski definition) is 7. The van der Waals surface area contributed by atoms with Gasteiger partial charge in [0.2, 0.25) is 5.91 Å². The van der Waals surface area contributed by atoms with Gasteiger partial charge in [-0.25, -0.2) is 15.0 Å². The highest BCUT2D eigenvalue weighted by Crippen LogP contribution is 2.27. The maximum atomic E-state index is 12.7. The van der Waals surface area contributed by atoms with E-state index >= 15 is 0 Å². The average molecular weight is 433 g/mol. The summed E-state index contributed by atoms with van der Waals surface area (Å²) in [6.07, 6.45) is 5.00. The predicted octanol–water partition coefficient (Wildman–Crippen LogP) is 3.86. The normalized spacial score (nSPS) is 10.8. The maximum Gasteiger partial charge on any atom is 0.263 e. The third kappa shape index (κ3) is 4.41. The van der Waals surface area contributed by atoms with Gasteiger partial charge in [0, 0.05) is 37.8 Å². The first kappa shape index (κ1) is 20.5. The van der Waals surface area contributed by atoms with E-state index in [1.165, 1.54) is 23.3 Å². The molecular formula is C22H19N5O3S. The van der Waals surface area contributed by atoms with E-state index in [1.807, 2.05) is 24.5 Å². The number of benzene rings is 1. The van der Waals surface area contributed by atoms with Crippen molar-refractivity contribution in [1.29, 1.82) is 0 Å². The molecule has 1 amide bonds. The summed E-state index contributed by atoms with van der Waals surface area (Å²) in [5.41, 5.74) is 1.61. The number of carbonyl (C=O) groups excluding carboxylic acids is 1. The zero-order valence-corrected chi connectivity index (χ0v) is 17.9. The zero-order chi connectivity index (χ0) is 22.0. The minimum Gasteiger partial charge on any atom is -0.457 e. The lowest BCUT2D eigenvalue weighted by Gasteiger charge is -2.10. The van der Waals surface area contributed by atoms with E-state index in [9.17, 15) is 9.59 Å². The summed E-state index contributed by atoms with van der Waals surface area (Å²) >= 11 is 1.41. The number of hydrogen-bond donors (Lipinski definition) is 1. The minimum absolute atomic E-state index is 0.140. The van der Waals surface area contributed by atoms with E-state index in [0.717, 1.165) is 10.9 Å². The lowest BCUT2D eigenvalue weighted by atomic mass is 10.1. The van der Waals surface area contributed by atoms with Crippen LogP contribution in [0.3, 0.4) is 0 Å². The summed E-state index contributed by atoms with van der Waals surface area (Å²) in [6, 6.07) is 12.5. The lowest BCUT2D eigenvalue weighted by molar-refractivity contribution is -0.114. The van der Waals surface area contributed by atoms with Gasteiger partial charge in [-0.2, -0.15) is 0 Å². The average Bonchev–Trinajstić information content (AvgIpc) is 2.75. The van der Waals surface area contributed by atoms with Gasteiger partial charge in [0.15, 0.2) is 5.16 Å². The van der Waals surface area contributed by atoms with Crippen LogP contribution in [0.2, 0.25) is 0 Å². The summed E-state index contributed by atoms with van der Waals surface area (Å²) < 4.78 is 7.42. The second-order valence-electron chi connectivity index (χ2n) is 6.73. The van der Waals surface area contributed by atoms with Crippen LogP contribution in [0.4, 0.5) is 5.82 Å². The van der Waals surface area contributed by atoms with Crippen LogP contribution in [-0.4, -0.2) is 31.7 Å². The number of rotatable bonds is 5. The van der Waals surface area contributed by atoms with Gasteiger partial charge in [-0.05, 0) is 36.6 Å². The van der Waals surface area contributed by atoms with Gasteiger partial charge in [0.1, 0.15) is 17.3 Å². The van der Waals surface area contributed by atoms with Crippen molar-refractivity contribution in [2.24, 2.45) is 7.05 Å². The van der Waals surface area contributed by atoms with Crippen molar-refractivity contribution in [3.63, 3.8) is 0 Å².